The molecule has 1 aliphatic rings. The van der Waals surface area contributed by atoms with Gasteiger partial charge in [0.05, 0.1) is 0 Å². The van der Waals surface area contributed by atoms with E-state index >= 15 is 0 Å². The SMILES string of the molecule is CCCN(CCC)C1CCCCCC1NC. The van der Waals surface area contributed by atoms with Gasteiger partial charge in [-0.15, -0.1) is 0 Å². The average Bonchev–Trinajstić information content (AvgIpc) is 2.53. The summed E-state index contributed by atoms with van der Waals surface area (Å²) in [7, 11) is 2.14. The summed E-state index contributed by atoms with van der Waals surface area (Å²) in [5, 5.41) is 3.55. The quantitative estimate of drug-likeness (QED) is 0.700. The zero-order valence-electron chi connectivity index (χ0n) is 11.5. The van der Waals surface area contributed by atoms with Crippen LogP contribution in [0.3, 0.4) is 0 Å². The van der Waals surface area contributed by atoms with Crippen LogP contribution >= 0.6 is 0 Å². The van der Waals surface area contributed by atoms with Gasteiger partial charge in [-0.25, -0.2) is 0 Å². The summed E-state index contributed by atoms with van der Waals surface area (Å²) in [6, 6.07) is 1.51. The Morgan fingerprint density at radius 3 is 2.19 bits per heavy atom. The second-order valence-electron chi connectivity index (χ2n) is 5.14. The Morgan fingerprint density at radius 1 is 1.00 bits per heavy atom. The molecular weight excluding hydrogens is 196 g/mol. The van der Waals surface area contributed by atoms with Crippen LogP contribution in [-0.4, -0.2) is 37.1 Å². The molecule has 1 fully saturated rings. The molecule has 1 saturated carbocycles. The summed E-state index contributed by atoms with van der Waals surface area (Å²) in [6.07, 6.45) is 9.60. The van der Waals surface area contributed by atoms with E-state index in [2.05, 4.69) is 31.1 Å². The Hall–Kier alpha value is -0.0800. The summed E-state index contributed by atoms with van der Waals surface area (Å²) in [4.78, 5) is 2.73. The lowest BCUT2D eigenvalue weighted by Crippen LogP contribution is -2.49. The van der Waals surface area contributed by atoms with E-state index in [1.54, 1.807) is 0 Å². The van der Waals surface area contributed by atoms with E-state index in [9.17, 15) is 0 Å². The van der Waals surface area contributed by atoms with Gasteiger partial charge in [0.25, 0.3) is 0 Å². The minimum absolute atomic E-state index is 0.723. The summed E-state index contributed by atoms with van der Waals surface area (Å²) >= 11 is 0. The molecule has 0 aliphatic heterocycles. The van der Waals surface area contributed by atoms with Crippen LogP contribution in [0.5, 0.6) is 0 Å². The molecule has 0 saturated heterocycles. The maximum absolute atomic E-state index is 3.55. The molecule has 0 aromatic rings. The molecule has 96 valence electrons. The highest BCUT2D eigenvalue weighted by molar-refractivity contribution is 4.85. The third-order valence-electron chi connectivity index (χ3n) is 3.84. The molecule has 2 heteroatoms. The molecule has 1 aliphatic carbocycles. The summed E-state index contributed by atoms with van der Waals surface area (Å²) in [5.74, 6) is 0. The van der Waals surface area contributed by atoms with Gasteiger partial charge in [-0.1, -0.05) is 33.1 Å². The van der Waals surface area contributed by atoms with Crippen LogP contribution in [-0.2, 0) is 0 Å². The van der Waals surface area contributed by atoms with E-state index in [4.69, 9.17) is 0 Å². The summed E-state index contributed by atoms with van der Waals surface area (Å²) in [6.45, 7) is 7.15. The Balaban J connectivity index is 2.60. The number of rotatable bonds is 6. The first-order valence-electron chi connectivity index (χ1n) is 7.24. The fourth-order valence-corrected chi connectivity index (χ4v) is 3.08. The second kappa shape index (κ2) is 8.08. The van der Waals surface area contributed by atoms with E-state index in [-0.39, 0.29) is 0 Å². The number of hydrogen-bond acceptors (Lipinski definition) is 2. The zero-order valence-corrected chi connectivity index (χ0v) is 11.5. The van der Waals surface area contributed by atoms with Crippen LogP contribution in [0.25, 0.3) is 0 Å². The number of nitrogens with one attached hydrogen (secondary N) is 1. The molecule has 0 heterocycles. The van der Waals surface area contributed by atoms with E-state index < -0.39 is 0 Å². The number of hydrogen-bond donors (Lipinski definition) is 1. The van der Waals surface area contributed by atoms with Gasteiger partial charge >= 0.3 is 0 Å². The largest absolute Gasteiger partial charge is 0.315 e. The van der Waals surface area contributed by atoms with Crippen molar-refractivity contribution < 1.29 is 0 Å². The molecule has 0 aromatic heterocycles. The third kappa shape index (κ3) is 4.06. The highest BCUT2D eigenvalue weighted by Crippen LogP contribution is 2.22. The van der Waals surface area contributed by atoms with Gasteiger partial charge in [0.15, 0.2) is 0 Å². The minimum Gasteiger partial charge on any atom is -0.315 e. The van der Waals surface area contributed by atoms with Crippen molar-refractivity contribution in [2.75, 3.05) is 20.1 Å². The van der Waals surface area contributed by atoms with Crippen molar-refractivity contribution in [3.05, 3.63) is 0 Å². The van der Waals surface area contributed by atoms with Gasteiger partial charge in [0, 0.05) is 12.1 Å². The van der Waals surface area contributed by atoms with Crippen LogP contribution in [0.2, 0.25) is 0 Å². The Kier molecular flexibility index (Phi) is 7.06. The number of nitrogens with zero attached hydrogens (tertiary/aromatic N) is 1. The Labute approximate surface area is 102 Å². The van der Waals surface area contributed by atoms with Crippen molar-refractivity contribution in [3.8, 4) is 0 Å². The predicted molar refractivity (Wildman–Crippen MR) is 71.9 cm³/mol. The van der Waals surface area contributed by atoms with Crippen LogP contribution in [0.1, 0.15) is 58.8 Å². The lowest BCUT2D eigenvalue weighted by molar-refractivity contribution is 0.151. The first kappa shape index (κ1) is 14.0. The highest BCUT2D eigenvalue weighted by atomic mass is 15.2. The number of likely N-dealkylation sites (N-methyl/N-ethyl adjacent to an activating group) is 1. The molecule has 0 bridgehead atoms. The first-order chi connectivity index (χ1) is 7.83. The van der Waals surface area contributed by atoms with E-state index in [0.29, 0.717) is 0 Å². The van der Waals surface area contributed by atoms with E-state index in [1.165, 1.54) is 58.0 Å². The van der Waals surface area contributed by atoms with Crippen molar-refractivity contribution in [2.45, 2.75) is 70.9 Å². The van der Waals surface area contributed by atoms with Crippen molar-refractivity contribution in [1.82, 2.24) is 10.2 Å². The summed E-state index contributed by atoms with van der Waals surface area (Å²) in [5.41, 5.74) is 0. The van der Waals surface area contributed by atoms with Crippen molar-refractivity contribution in [3.63, 3.8) is 0 Å². The fraction of sp³-hybridized carbons (Fsp3) is 1.00. The zero-order chi connectivity index (χ0) is 11.8. The molecule has 0 aromatic carbocycles. The van der Waals surface area contributed by atoms with E-state index in [1.807, 2.05) is 0 Å². The first-order valence-corrected chi connectivity index (χ1v) is 7.24. The molecule has 0 amide bonds. The van der Waals surface area contributed by atoms with Gasteiger partial charge in [0.1, 0.15) is 0 Å². The van der Waals surface area contributed by atoms with Gasteiger partial charge < -0.3 is 5.32 Å². The Morgan fingerprint density at radius 2 is 1.62 bits per heavy atom. The predicted octanol–water partition coefficient (Wildman–Crippen LogP) is 3.03. The third-order valence-corrected chi connectivity index (χ3v) is 3.84. The van der Waals surface area contributed by atoms with E-state index in [0.717, 1.165) is 12.1 Å². The smallest absolute Gasteiger partial charge is 0.0249 e. The van der Waals surface area contributed by atoms with Crippen molar-refractivity contribution in [1.29, 1.82) is 0 Å². The Bertz CT molecular complexity index is 164. The molecule has 1 N–H and O–H groups in total. The molecule has 16 heavy (non-hydrogen) atoms. The van der Waals surface area contributed by atoms with Crippen LogP contribution in [0, 0.1) is 0 Å². The second-order valence-corrected chi connectivity index (χ2v) is 5.14. The van der Waals surface area contributed by atoms with Crippen LogP contribution < -0.4 is 5.32 Å². The lowest BCUT2D eigenvalue weighted by Gasteiger charge is -2.36. The van der Waals surface area contributed by atoms with Crippen LogP contribution in [0.15, 0.2) is 0 Å². The standard InChI is InChI=1S/C14H30N2/c1-4-11-16(12-5-2)14-10-8-6-7-9-13(14)15-3/h13-15H,4-12H2,1-3H3. The molecule has 2 unspecified atom stereocenters. The molecular formula is C14H30N2. The molecule has 2 nitrogen and oxygen atoms in total. The van der Waals surface area contributed by atoms with Gasteiger partial charge in [-0.3, -0.25) is 4.90 Å². The normalized spacial score (nSPS) is 27.0. The van der Waals surface area contributed by atoms with Gasteiger partial charge in [-0.05, 0) is 45.8 Å². The molecule has 1 rings (SSSR count). The molecule has 2 atom stereocenters. The summed E-state index contributed by atoms with van der Waals surface area (Å²) < 4.78 is 0. The maximum Gasteiger partial charge on any atom is 0.0249 e. The van der Waals surface area contributed by atoms with Gasteiger partial charge in [0.2, 0.25) is 0 Å². The van der Waals surface area contributed by atoms with Crippen molar-refractivity contribution >= 4 is 0 Å². The van der Waals surface area contributed by atoms with Crippen LogP contribution in [0.4, 0.5) is 0 Å². The molecule has 0 spiro atoms. The molecule has 0 radical (unpaired) electrons. The topological polar surface area (TPSA) is 15.3 Å². The van der Waals surface area contributed by atoms with Gasteiger partial charge in [-0.2, -0.15) is 0 Å². The maximum atomic E-state index is 3.55. The fourth-order valence-electron chi connectivity index (χ4n) is 3.08. The van der Waals surface area contributed by atoms with Crippen molar-refractivity contribution in [2.24, 2.45) is 0 Å². The lowest BCUT2D eigenvalue weighted by atomic mass is 10.0. The average molecular weight is 226 g/mol. The highest BCUT2D eigenvalue weighted by Gasteiger charge is 2.26. The monoisotopic (exact) mass is 226 g/mol. The minimum atomic E-state index is 0.723.